The number of nitrogens with one attached hydrogen (secondary N) is 1. The molecule has 1 N–H and O–H groups in total. The van der Waals surface area contributed by atoms with E-state index in [1.54, 1.807) is 24.5 Å². The van der Waals surface area contributed by atoms with Crippen LogP contribution in [0.4, 0.5) is 0 Å². The first-order valence-electron chi connectivity index (χ1n) is 7.85. The van der Waals surface area contributed by atoms with E-state index < -0.39 is 15.9 Å². The SMILES string of the molecule is CC(C)c1cccc(S(=O)(=O)NC(=O)CC(C)c2ccncc2)c1. The monoisotopic (exact) mass is 346 g/mol. The van der Waals surface area contributed by atoms with E-state index in [0.717, 1.165) is 11.1 Å². The van der Waals surface area contributed by atoms with Crippen LogP contribution < -0.4 is 4.72 Å². The van der Waals surface area contributed by atoms with Gasteiger partial charge in [-0.2, -0.15) is 0 Å². The molecule has 0 saturated carbocycles. The summed E-state index contributed by atoms with van der Waals surface area (Å²) >= 11 is 0. The molecule has 1 amide bonds. The van der Waals surface area contributed by atoms with Crippen molar-refractivity contribution in [3.05, 3.63) is 59.9 Å². The van der Waals surface area contributed by atoms with Gasteiger partial charge in [-0.1, -0.05) is 32.9 Å². The zero-order chi connectivity index (χ0) is 17.7. The zero-order valence-electron chi connectivity index (χ0n) is 14.1. The molecule has 5 nitrogen and oxygen atoms in total. The molecule has 6 heteroatoms. The number of carbonyl (C=O) groups is 1. The molecule has 1 atom stereocenters. The highest BCUT2D eigenvalue weighted by atomic mass is 32.2. The molecule has 0 aliphatic carbocycles. The summed E-state index contributed by atoms with van der Waals surface area (Å²) in [6.07, 6.45) is 3.39. The molecule has 1 aromatic carbocycles. The third-order valence-corrected chi connectivity index (χ3v) is 5.22. The van der Waals surface area contributed by atoms with Crippen LogP contribution in [-0.2, 0) is 14.8 Å². The fourth-order valence-corrected chi connectivity index (χ4v) is 3.43. The Hall–Kier alpha value is -2.21. The van der Waals surface area contributed by atoms with E-state index in [1.807, 2.05) is 39.0 Å². The number of aromatic nitrogens is 1. The average Bonchev–Trinajstić information content (AvgIpc) is 2.55. The summed E-state index contributed by atoms with van der Waals surface area (Å²) in [4.78, 5) is 16.2. The molecule has 24 heavy (non-hydrogen) atoms. The van der Waals surface area contributed by atoms with E-state index in [2.05, 4.69) is 9.71 Å². The predicted octanol–water partition coefficient (Wildman–Crippen LogP) is 3.20. The van der Waals surface area contributed by atoms with Crippen molar-refractivity contribution in [2.45, 2.75) is 43.9 Å². The summed E-state index contributed by atoms with van der Waals surface area (Å²) in [5, 5.41) is 0. The van der Waals surface area contributed by atoms with Crippen molar-refractivity contribution in [3.63, 3.8) is 0 Å². The lowest BCUT2D eigenvalue weighted by atomic mass is 9.99. The van der Waals surface area contributed by atoms with Gasteiger partial charge in [0, 0.05) is 18.8 Å². The Bertz CT molecular complexity index is 802. The maximum Gasteiger partial charge on any atom is 0.264 e. The van der Waals surface area contributed by atoms with Crippen molar-refractivity contribution in [3.8, 4) is 0 Å². The number of hydrogen-bond donors (Lipinski definition) is 1. The van der Waals surface area contributed by atoms with Crippen LogP contribution in [-0.4, -0.2) is 19.3 Å². The van der Waals surface area contributed by atoms with Gasteiger partial charge in [-0.3, -0.25) is 9.78 Å². The standard InChI is InChI=1S/C18H22N2O3S/c1-13(2)16-5-4-6-17(12-16)24(22,23)20-18(21)11-14(3)15-7-9-19-10-8-15/h4-10,12-14H,11H2,1-3H3,(H,20,21). The van der Waals surface area contributed by atoms with Crippen molar-refractivity contribution in [2.75, 3.05) is 0 Å². The van der Waals surface area contributed by atoms with Gasteiger partial charge in [-0.05, 0) is 47.2 Å². The van der Waals surface area contributed by atoms with Gasteiger partial charge in [-0.15, -0.1) is 0 Å². The highest BCUT2D eigenvalue weighted by Crippen LogP contribution is 2.20. The van der Waals surface area contributed by atoms with E-state index in [4.69, 9.17) is 0 Å². The van der Waals surface area contributed by atoms with Gasteiger partial charge in [-0.25, -0.2) is 13.1 Å². The molecule has 0 bridgehead atoms. The number of carbonyl (C=O) groups excluding carboxylic acids is 1. The summed E-state index contributed by atoms with van der Waals surface area (Å²) in [6, 6.07) is 10.3. The summed E-state index contributed by atoms with van der Waals surface area (Å²) in [6.45, 7) is 5.85. The molecule has 2 rings (SSSR count). The summed E-state index contributed by atoms with van der Waals surface area (Å²) in [5.41, 5.74) is 1.86. The Labute approximate surface area is 143 Å². The predicted molar refractivity (Wildman–Crippen MR) is 93.1 cm³/mol. The largest absolute Gasteiger partial charge is 0.274 e. The van der Waals surface area contributed by atoms with E-state index in [-0.39, 0.29) is 23.2 Å². The van der Waals surface area contributed by atoms with E-state index >= 15 is 0 Å². The summed E-state index contributed by atoms with van der Waals surface area (Å²) in [5.74, 6) is -0.401. The fraction of sp³-hybridized carbons (Fsp3) is 0.333. The van der Waals surface area contributed by atoms with Gasteiger partial charge in [0.2, 0.25) is 5.91 Å². The van der Waals surface area contributed by atoms with Gasteiger partial charge in [0.1, 0.15) is 0 Å². The molecule has 0 aliphatic heterocycles. The number of hydrogen-bond acceptors (Lipinski definition) is 4. The number of pyridine rings is 1. The minimum absolute atomic E-state index is 0.0904. The van der Waals surface area contributed by atoms with Crippen LogP contribution in [0.3, 0.4) is 0 Å². The lowest BCUT2D eigenvalue weighted by molar-refractivity contribution is -0.119. The van der Waals surface area contributed by atoms with Crippen LogP contribution in [0.1, 0.15) is 50.2 Å². The Morgan fingerprint density at radius 2 is 1.75 bits per heavy atom. The molecule has 2 aromatic rings. The summed E-state index contributed by atoms with van der Waals surface area (Å²) < 4.78 is 26.9. The third kappa shape index (κ3) is 4.64. The van der Waals surface area contributed by atoms with Crippen LogP contribution in [0.2, 0.25) is 0 Å². The van der Waals surface area contributed by atoms with Crippen LogP contribution in [0, 0.1) is 0 Å². The van der Waals surface area contributed by atoms with Crippen LogP contribution in [0.15, 0.2) is 53.7 Å². The third-order valence-electron chi connectivity index (χ3n) is 3.85. The molecule has 0 radical (unpaired) electrons. The van der Waals surface area contributed by atoms with Gasteiger partial charge in [0.05, 0.1) is 4.90 Å². The number of benzene rings is 1. The van der Waals surface area contributed by atoms with Crippen molar-refractivity contribution < 1.29 is 13.2 Å². The molecule has 1 aromatic heterocycles. The van der Waals surface area contributed by atoms with Crippen molar-refractivity contribution >= 4 is 15.9 Å². The maximum absolute atomic E-state index is 12.4. The molecular formula is C18H22N2O3S. The van der Waals surface area contributed by atoms with Gasteiger partial charge >= 0.3 is 0 Å². The second kappa shape index (κ2) is 7.57. The molecule has 1 heterocycles. The zero-order valence-corrected chi connectivity index (χ0v) is 14.9. The average molecular weight is 346 g/mol. The topological polar surface area (TPSA) is 76.1 Å². The first-order valence-corrected chi connectivity index (χ1v) is 9.33. The number of nitrogens with zero attached hydrogens (tertiary/aromatic N) is 1. The van der Waals surface area contributed by atoms with Crippen LogP contribution >= 0.6 is 0 Å². The van der Waals surface area contributed by atoms with Crippen molar-refractivity contribution in [2.24, 2.45) is 0 Å². The summed E-state index contributed by atoms with van der Waals surface area (Å²) in [7, 11) is -3.86. The van der Waals surface area contributed by atoms with E-state index in [0.29, 0.717) is 0 Å². The second-order valence-corrected chi connectivity index (χ2v) is 7.82. The molecule has 0 aliphatic rings. The first-order chi connectivity index (χ1) is 11.3. The Morgan fingerprint density at radius 3 is 2.38 bits per heavy atom. The van der Waals surface area contributed by atoms with E-state index in [9.17, 15) is 13.2 Å². The highest BCUT2D eigenvalue weighted by molar-refractivity contribution is 7.90. The molecule has 128 valence electrons. The van der Waals surface area contributed by atoms with Gasteiger partial charge in [0.15, 0.2) is 0 Å². The lowest BCUT2D eigenvalue weighted by Gasteiger charge is -2.13. The molecule has 0 spiro atoms. The lowest BCUT2D eigenvalue weighted by Crippen LogP contribution is -2.31. The highest BCUT2D eigenvalue weighted by Gasteiger charge is 2.20. The minimum Gasteiger partial charge on any atom is -0.274 e. The minimum atomic E-state index is -3.86. The van der Waals surface area contributed by atoms with Gasteiger partial charge in [0.25, 0.3) is 10.0 Å². The fourth-order valence-electron chi connectivity index (χ4n) is 2.38. The van der Waals surface area contributed by atoms with Crippen LogP contribution in [0.25, 0.3) is 0 Å². The first kappa shape index (κ1) is 18.1. The molecule has 0 fully saturated rings. The Balaban J connectivity index is 2.09. The van der Waals surface area contributed by atoms with Gasteiger partial charge < -0.3 is 0 Å². The molecule has 1 unspecified atom stereocenters. The Kier molecular flexibility index (Phi) is 5.72. The molecular weight excluding hydrogens is 324 g/mol. The second-order valence-electron chi connectivity index (χ2n) is 6.14. The smallest absolute Gasteiger partial charge is 0.264 e. The maximum atomic E-state index is 12.4. The number of rotatable bonds is 6. The number of sulfonamides is 1. The van der Waals surface area contributed by atoms with Crippen LogP contribution in [0.5, 0.6) is 0 Å². The molecule has 0 saturated heterocycles. The Morgan fingerprint density at radius 1 is 1.08 bits per heavy atom. The quantitative estimate of drug-likeness (QED) is 0.871. The van der Waals surface area contributed by atoms with E-state index in [1.165, 1.54) is 6.07 Å². The number of amides is 1. The van der Waals surface area contributed by atoms with Crippen molar-refractivity contribution in [1.82, 2.24) is 9.71 Å². The van der Waals surface area contributed by atoms with Crippen molar-refractivity contribution in [1.29, 1.82) is 0 Å². The normalized spacial score (nSPS) is 12.8.